The Kier molecular flexibility index (Phi) is 5.11. The Morgan fingerprint density at radius 2 is 1.89 bits per heavy atom. The Morgan fingerprint density at radius 3 is 2.52 bits per heavy atom. The third kappa shape index (κ3) is 4.07. The van der Waals surface area contributed by atoms with Crippen molar-refractivity contribution < 1.29 is 13.5 Å². The number of aromatic amines is 1. The van der Waals surface area contributed by atoms with E-state index in [0.29, 0.717) is 11.4 Å². The molecule has 1 aromatic heterocycles. The first-order valence-electron chi connectivity index (χ1n) is 8.28. The van der Waals surface area contributed by atoms with Crippen LogP contribution in [-0.4, -0.2) is 18.5 Å². The quantitative estimate of drug-likeness (QED) is 0.445. The summed E-state index contributed by atoms with van der Waals surface area (Å²) in [5, 5.41) is 24.5. The van der Waals surface area contributed by atoms with Crippen LogP contribution < -0.4 is 5.14 Å². The molecule has 0 amide bonds. The SMILES string of the molecule is C/C=C(\C)Cc1cccc2[nH]c(O)c(N=Nc3ccc(S(N)(=O)=O)cc3)c12. The average molecular weight is 384 g/mol. The molecule has 140 valence electrons. The average Bonchev–Trinajstić information content (AvgIpc) is 2.95. The Bertz CT molecular complexity index is 1140. The molecule has 27 heavy (non-hydrogen) atoms. The van der Waals surface area contributed by atoms with Crippen molar-refractivity contribution in [2.75, 3.05) is 0 Å². The number of aromatic hydroxyl groups is 1. The maximum Gasteiger partial charge on any atom is 0.238 e. The maximum atomic E-state index is 11.3. The van der Waals surface area contributed by atoms with Gasteiger partial charge in [0, 0.05) is 5.39 Å². The van der Waals surface area contributed by atoms with E-state index in [2.05, 4.69) is 15.2 Å². The number of nitrogens with zero attached hydrogens (tertiary/aromatic N) is 2. The second kappa shape index (κ2) is 7.34. The smallest absolute Gasteiger partial charge is 0.238 e. The van der Waals surface area contributed by atoms with Gasteiger partial charge in [0.2, 0.25) is 15.9 Å². The summed E-state index contributed by atoms with van der Waals surface area (Å²) in [6.07, 6.45) is 2.77. The highest BCUT2D eigenvalue weighted by atomic mass is 32.2. The van der Waals surface area contributed by atoms with E-state index in [9.17, 15) is 13.5 Å². The summed E-state index contributed by atoms with van der Waals surface area (Å²) >= 11 is 0. The van der Waals surface area contributed by atoms with Gasteiger partial charge in [0.15, 0.2) is 5.69 Å². The third-order valence-electron chi connectivity index (χ3n) is 4.26. The number of azo groups is 1. The van der Waals surface area contributed by atoms with Crippen molar-refractivity contribution in [1.29, 1.82) is 0 Å². The lowest BCUT2D eigenvalue weighted by molar-refractivity contribution is 0.459. The van der Waals surface area contributed by atoms with Crippen LogP contribution in [0.4, 0.5) is 11.4 Å². The molecule has 1 heterocycles. The van der Waals surface area contributed by atoms with Crippen LogP contribution in [0.2, 0.25) is 0 Å². The largest absolute Gasteiger partial charge is 0.493 e. The van der Waals surface area contributed by atoms with Crippen LogP contribution in [0.5, 0.6) is 5.88 Å². The summed E-state index contributed by atoms with van der Waals surface area (Å²) in [6, 6.07) is 11.5. The topological polar surface area (TPSA) is 121 Å². The zero-order valence-corrected chi connectivity index (χ0v) is 15.8. The molecule has 0 aliphatic heterocycles. The van der Waals surface area contributed by atoms with Gasteiger partial charge in [0.25, 0.3) is 0 Å². The van der Waals surface area contributed by atoms with E-state index >= 15 is 0 Å². The molecule has 0 unspecified atom stereocenters. The number of nitrogens with one attached hydrogen (secondary N) is 1. The van der Waals surface area contributed by atoms with Crippen molar-refractivity contribution in [2.24, 2.45) is 15.4 Å². The molecule has 3 aromatic rings. The van der Waals surface area contributed by atoms with Crippen molar-refractivity contribution in [1.82, 2.24) is 4.98 Å². The molecule has 0 bridgehead atoms. The molecule has 2 aromatic carbocycles. The van der Waals surface area contributed by atoms with Crippen molar-refractivity contribution in [3.63, 3.8) is 0 Å². The minimum absolute atomic E-state index is 0.000468. The molecule has 4 N–H and O–H groups in total. The van der Waals surface area contributed by atoms with E-state index in [1.54, 1.807) is 0 Å². The van der Waals surface area contributed by atoms with Gasteiger partial charge in [-0.25, -0.2) is 13.6 Å². The molecular weight excluding hydrogens is 364 g/mol. The van der Waals surface area contributed by atoms with Gasteiger partial charge in [-0.05, 0) is 56.2 Å². The fourth-order valence-electron chi connectivity index (χ4n) is 2.75. The molecule has 0 atom stereocenters. The van der Waals surface area contributed by atoms with Gasteiger partial charge in [-0.2, -0.15) is 5.11 Å². The van der Waals surface area contributed by atoms with Crippen molar-refractivity contribution in [3.05, 3.63) is 59.7 Å². The Morgan fingerprint density at radius 1 is 1.19 bits per heavy atom. The number of aromatic nitrogens is 1. The molecule has 0 spiro atoms. The van der Waals surface area contributed by atoms with Gasteiger partial charge in [-0.1, -0.05) is 23.8 Å². The predicted molar refractivity (Wildman–Crippen MR) is 105 cm³/mol. The Balaban J connectivity index is 2.01. The van der Waals surface area contributed by atoms with Gasteiger partial charge >= 0.3 is 0 Å². The van der Waals surface area contributed by atoms with Crippen LogP contribution in [0.1, 0.15) is 19.4 Å². The van der Waals surface area contributed by atoms with Crippen LogP contribution in [0.25, 0.3) is 10.9 Å². The van der Waals surface area contributed by atoms with Crippen molar-refractivity contribution >= 4 is 32.3 Å². The van der Waals surface area contributed by atoms with Gasteiger partial charge < -0.3 is 10.1 Å². The zero-order valence-electron chi connectivity index (χ0n) is 15.0. The van der Waals surface area contributed by atoms with E-state index in [-0.39, 0.29) is 10.8 Å². The number of H-pyrrole nitrogens is 1. The molecular formula is C19H20N4O3S. The number of hydrogen-bond donors (Lipinski definition) is 3. The van der Waals surface area contributed by atoms with E-state index < -0.39 is 10.0 Å². The minimum atomic E-state index is -3.76. The summed E-state index contributed by atoms with van der Waals surface area (Å²) in [7, 11) is -3.76. The number of primary sulfonamides is 1. The van der Waals surface area contributed by atoms with E-state index in [0.717, 1.165) is 22.9 Å². The molecule has 0 radical (unpaired) electrons. The van der Waals surface area contributed by atoms with Gasteiger partial charge in [0.05, 0.1) is 16.1 Å². The van der Waals surface area contributed by atoms with Gasteiger partial charge in [0.1, 0.15) is 0 Å². The Hall–Kier alpha value is -2.97. The maximum absolute atomic E-state index is 11.3. The first-order chi connectivity index (χ1) is 12.8. The second-order valence-electron chi connectivity index (χ2n) is 6.21. The number of fused-ring (bicyclic) bond motifs is 1. The Labute approximate surface area is 157 Å². The third-order valence-corrected chi connectivity index (χ3v) is 5.19. The monoisotopic (exact) mass is 384 g/mol. The molecule has 0 saturated heterocycles. The molecule has 0 saturated carbocycles. The van der Waals surface area contributed by atoms with Gasteiger partial charge in [-0.3, -0.25) is 0 Å². The second-order valence-corrected chi connectivity index (χ2v) is 7.77. The fourth-order valence-corrected chi connectivity index (χ4v) is 3.26. The zero-order chi connectivity index (χ0) is 19.6. The number of hydrogen-bond acceptors (Lipinski definition) is 5. The molecule has 0 fully saturated rings. The van der Waals surface area contributed by atoms with Crippen molar-refractivity contribution in [2.45, 2.75) is 25.2 Å². The first kappa shape index (κ1) is 18.8. The number of allylic oxidation sites excluding steroid dienone is 2. The molecule has 0 aliphatic rings. The van der Waals surface area contributed by atoms with E-state index in [1.807, 2.05) is 38.1 Å². The summed E-state index contributed by atoms with van der Waals surface area (Å²) in [5.41, 5.74) is 3.79. The lowest BCUT2D eigenvalue weighted by Crippen LogP contribution is -2.11. The van der Waals surface area contributed by atoms with Crippen LogP contribution in [-0.2, 0) is 16.4 Å². The fraction of sp³-hybridized carbons (Fsp3) is 0.158. The first-order valence-corrected chi connectivity index (χ1v) is 9.83. The number of rotatable bonds is 5. The van der Waals surface area contributed by atoms with Gasteiger partial charge in [-0.15, -0.1) is 5.11 Å². The van der Waals surface area contributed by atoms with Crippen LogP contribution >= 0.6 is 0 Å². The van der Waals surface area contributed by atoms with Crippen molar-refractivity contribution in [3.8, 4) is 5.88 Å². The van der Waals surface area contributed by atoms with Crippen LogP contribution in [0.15, 0.2) is 69.2 Å². The van der Waals surface area contributed by atoms with E-state index in [1.165, 1.54) is 29.8 Å². The van der Waals surface area contributed by atoms with Crippen LogP contribution in [0.3, 0.4) is 0 Å². The molecule has 3 rings (SSSR count). The lowest BCUT2D eigenvalue weighted by Gasteiger charge is -2.04. The highest BCUT2D eigenvalue weighted by Gasteiger charge is 2.14. The predicted octanol–water partition coefficient (Wildman–Crippen LogP) is 4.45. The van der Waals surface area contributed by atoms with E-state index in [4.69, 9.17) is 5.14 Å². The highest BCUT2D eigenvalue weighted by Crippen LogP contribution is 2.39. The lowest BCUT2D eigenvalue weighted by atomic mass is 10.0. The summed E-state index contributed by atoms with van der Waals surface area (Å²) in [4.78, 5) is 2.91. The number of benzene rings is 2. The van der Waals surface area contributed by atoms with Crippen LogP contribution in [0, 0.1) is 0 Å². The normalized spacial score (nSPS) is 12.9. The molecule has 8 heteroatoms. The standard InChI is InChI=1S/C19H20N4O3S/c1-3-12(2)11-13-5-4-6-16-17(13)18(19(24)21-16)23-22-14-7-9-15(10-8-14)27(20,25)26/h3-10,21,24H,11H2,1-2H3,(H2,20,25,26)/b12-3+,23-22?. The molecule has 0 aliphatic carbocycles. The number of nitrogens with two attached hydrogens (primary N) is 1. The summed E-state index contributed by atoms with van der Waals surface area (Å²) in [6.45, 7) is 4.02. The summed E-state index contributed by atoms with van der Waals surface area (Å²) in [5.74, 6) is -0.0690. The highest BCUT2D eigenvalue weighted by molar-refractivity contribution is 7.89. The summed E-state index contributed by atoms with van der Waals surface area (Å²) < 4.78 is 22.6. The minimum Gasteiger partial charge on any atom is -0.493 e. The number of sulfonamides is 1. The molecule has 7 nitrogen and oxygen atoms in total.